The molecule has 1 aromatic carbocycles. The maximum absolute atomic E-state index is 13.0. The number of carbonyl (C=O) groups excluding carboxylic acids is 2. The zero-order valence-electron chi connectivity index (χ0n) is 11.1. The molecular weight excluding hydrogens is 288 g/mol. The Kier molecular flexibility index (Phi) is 5.77. The number of amides is 1. The summed E-state index contributed by atoms with van der Waals surface area (Å²) >= 11 is 0. The van der Waals surface area contributed by atoms with Crippen LogP contribution in [-0.2, 0) is 14.3 Å². The van der Waals surface area contributed by atoms with Crippen LogP contribution in [0, 0.1) is 11.6 Å². The number of halogens is 2. The Bertz CT molecular complexity index is 541. The molecule has 1 rings (SSSR count). The molecule has 21 heavy (non-hydrogen) atoms. The second-order valence-electron chi connectivity index (χ2n) is 4.03. The lowest BCUT2D eigenvalue weighted by Crippen LogP contribution is -2.42. The summed E-state index contributed by atoms with van der Waals surface area (Å²) in [6.45, 7) is 1.61. The van der Waals surface area contributed by atoms with E-state index < -0.39 is 41.9 Å². The van der Waals surface area contributed by atoms with Gasteiger partial charge in [-0.2, -0.15) is 0 Å². The predicted octanol–water partition coefficient (Wildman–Crippen LogP) is 1.10. The van der Waals surface area contributed by atoms with Gasteiger partial charge >= 0.3 is 11.9 Å². The quantitative estimate of drug-likeness (QED) is 0.768. The van der Waals surface area contributed by atoms with Gasteiger partial charge in [-0.25, -0.2) is 13.6 Å². The predicted molar refractivity (Wildman–Crippen MR) is 66.5 cm³/mol. The number of carboxylic acids is 1. The fraction of sp³-hybridized carbons (Fsp3) is 0.308. The van der Waals surface area contributed by atoms with Crippen molar-refractivity contribution in [3.63, 3.8) is 0 Å². The Morgan fingerprint density at radius 2 is 1.81 bits per heavy atom. The SMILES string of the molecule is CCOC(=O)C[C@@H](NC(=O)c1cc(F)cc(F)c1)C(=O)O. The molecule has 0 saturated heterocycles. The van der Waals surface area contributed by atoms with E-state index in [1.165, 1.54) is 0 Å². The molecule has 0 aliphatic carbocycles. The van der Waals surface area contributed by atoms with Crippen molar-refractivity contribution in [3.05, 3.63) is 35.4 Å². The Labute approximate surface area is 118 Å². The Balaban J connectivity index is 2.81. The van der Waals surface area contributed by atoms with Gasteiger partial charge in [0.2, 0.25) is 0 Å². The lowest BCUT2D eigenvalue weighted by atomic mass is 10.1. The molecule has 8 heteroatoms. The minimum atomic E-state index is -1.55. The first-order valence-corrected chi connectivity index (χ1v) is 5.99. The molecule has 0 saturated carbocycles. The number of ether oxygens (including phenoxy) is 1. The summed E-state index contributed by atoms with van der Waals surface area (Å²) in [5.41, 5.74) is -0.386. The van der Waals surface area contributed by atoms with Gasteiger partial charge in [0, 0.05) is 11.6 Å². The van der Waals surface area contributed by atoms with Crippen molar-refractivity contribution in [1.82, 2.24) is 5.32 Å². The maximum Gasteiger partial charge on any atom is 0.326 e. The van der Waals surface area contributed by atoms with Crippen LogP contribution in [0.1, 0.15) is 23.7 Å². The topological polar surface area (TPSA) is 92.7 Å². The summed E-state index contributed by atoms with van der Waals surface area (Å²) in [6.07, 6.45) is -0.591. The van der Waals surface area contributed by atoms with Gasteiger partial charge in [0.05, 0.1) is 13.0 Å². The summed E-state index contributed by atoms with van der Waals surface area (Å²) < 4.78 is 30.5. The lowest BCUT2D eigenvalue weighted by Gasteiger charge is -2.13. The Morgan fingerprint density at radius 1 is 1.24 bits per heavy atom. The molecule has 0 fully saturated rings. The molecule has 0 aromatic heterocycles. The average molecular weight is 301 g/mol. The van der Waals surface area contributed by atoms with E-state index in [0.717, 1.165) is 12.1 Å². The zero-order chi connectivity index (χ0) is 16.0. The number of hydrogen-bond acceptors (Lipinski definition) is 4. The third-order valence-electron chi connectivity index (χ3n) is 2.40. The zero-order valence-corrected chi connectivity index (χ0v) is 11.1. The van der Waals surface area contributed by atoms with Gasteiger partial charge in [-0.05, 0) is 19.1 Å². The molecule has 0 bridgehead atoms. The Hall–Kier alpha value is -2.51. The molecule has 6 nitrogen and oxygen atoms in total. The van der Waals surface area contributed by atoms with E-state index in [0.29, 0.717) is 6.07 Å². The fourth-order valence-corrected chi connectivity index (χ4v) is 1.51. The largest absolute Gasteiger partial charge is 0.480 e. The van der Waals surface area contributed by atoms with Crippen molar-refractivity contribution in [2.24, 2.45) is 0 Å². The van der Waals surface area contributed by atoms with Gasteiger partial charge in [0.1, 0.15) is 17.7 Å². The number of benzene rings is 1. The number of aliphatic carboxylic acids is 1. The van der Waals surface area contributed by atoms with E-state index in [1.807, 2.05) is 5.32 Å². The van der Waals surface area contributed by atoms with Crippen molar-refractivity contribution in [2.75, 3.05) is 6.61 Å². The number of nitrogens with one attached hydrogen (secondary N) is 1. The molecule has 1 amide bonds. The normalized spacial score (nSPS) is 11.6. The summed E-state index contributed by atoms with van der Waals surface area (Å²) in [5, 5.41) is 10.9. The first kappa shape index (κ1) is 16.5. The second kappa shape index (κ2) is 7.32. The van der Waals surface area contributed by atoms with Crippen molar-refractivity contribution in [3.8, 4) is 0 Å². The molecule has 0 unspecified atom stereocenters. The number of rotatable bonds is 6. The molecule has 0 heterocycles. The molecule has 0 spiro atoms. The molecule has 114 valence electrons. The molecule has 2 N–H and O–H groups in total. The monoisotopic (exact) mass is 301 g/mol. The first-order chi connectivity index (χ1) is 9.83. The third kappa shape index (κ3) is 5.17. The van der Waals surface area contributed by atoms with Gasteiger partial charge in [0.15, 0.2) is 0 Å². The molecule has 0 aliphatic heterocycles. The van der Waals surface area contributed by atoms with Crippen LogP contribution in [0.25, 0.3) is 0 Å². The van der Waals surface area contributed by atoms with Crippen LogP contribution in [0.3, 0.4) is 0 Å². The first-order valence-electron chi connectivity index (χ1n) is 5.99. The van der Waals surface area contributed by atoms with E-state index in [9.17, 15) is 23.2 Å². The number of carboxylic acid groups (broad SMARTS) is 1. The van der Waals surface area contributed by atoms with Crippen LogP contribution < -0.4 is 5.32 Å². The van der Waals surface area contributed by atoms with Gasteiger partial charge < -0.3 is 15.2 Å². The van der Waals surface area contributed by atoms with Crippen LogP contribution in [0.5, 0.6) is 0 Å². The Morgan fingerprint density at radius 3 is 2.29 bits per heavy atom. The summed E-state index contributed by atoms with van der Waals surface area (Å²) in [6, 6.07) is 0.524. The van der Waals surface area contributed by atoms with Crippen LogP contribution >= 0.6 is 0 Å². The van der Waals surface area contributed by atoms with E-state index in [-0.39, 0.29) is 12.2 Å². The number of esters is 1. The highest BCUT2D eigenvalue weighted by atomic mass is 19.1. The molecule has 0 aliphatic rings. The van der Waals surface area contributed by atoms with Gasteiger partial charge in [0.25, 0.3) is 5.91 Å². The van der Waals surface area contributed by atoms with E-state index in [4.69, 9.17) is 5.11 Å². The standard InChI is InChI=1S/C13H13F2NO5/c1-2-21-11(17)6-10(13(19)20)16-12(18)7-3-8(14)5-9(15)4-7/h3-5,10H,2,6H2,1H3,(H,16,18)(H,19,20)/t10-/m1/s1. The highest BCUT2D eigenvalue weighted by Gasteiger charge is 2.24. The second-order valence-corrected chi connectivity index (χ2v) is 4.03. The van der Waals surface area contributed by atoms with E-state index in [2.05, 4.69) is 4.74 Å². The number of hydrogen-bond donors (Lipinski definition) is 2. The average Bonchev–Trinajstić information content (AvgIpc) is 2.36. The molecule has 0 radical (unpaired) electrons. The summed E-state index contributed by atoms with van der Waals surface area (Å²) in [4.78, 5) is 33.9. The van der Waals surface area contributed by atoms with Crippen molar-refractivity contribution in [2.45, 2.75) is 19.4 Å². The van der Waals surface area contributed by atoms with Crippen molar-refractivity contribution >= 4 is 17.8 Å². The van der Waals surface area contributed by atoms with Gasteiger partial charge in [-0.1, -0.05) is 0 Å². The molecule has 1 atom stereocenters. The highest BCUT2D eigenvalue weighted by molar-refractivity contribution is 5.97. The van der Waals surface area contributed by atoms with Crippen LogP contribution in [0.4, 0.5) is 8.78 Å². The highest BCUT2D eigenvalue weighted by Crippen LogP contribution is 2.08. The minimum Gasteiger partial charge on any atom is -0.480 e. The third-order valence-corrected chi connectivity index (χ3v) is 2.40. The lowest BCUT2D eigenvalue weighted by molar-refractivity contribution is -0.149. The smallest absolute Gasteiger partial charge is 0.326 e. The van der Waals surface area contributed by atoms with Crippen LogP contribution in [-0.4, -0.2) is 35.6 Å². The van der Waals surface area contributed by atoms with Gasteiger partial charge in [-0.3, -0.25) is 9.59 Å². The van der Waals surface area contributed by atoms with Gasteiger partial charge in [-0.15, -0.1) is 0 Å². The molecule has 1 aromatic rings. The fourth-order valence-electron chi connectivity index (χ4n) is 1.51. The summed E-state index contributed by atoms with van der Waals surface area (Å²) in [5.74, 6) is -5.23. The van der Waals surface area contributed by atoms with E-state index in [1.54, 1.807) is 6.92 Å². The van der Waals surface area contributed by atoms with E-state index >= 15 is 0 Å². The number of carbonyl (C=O) groups is 3. The van der Waals surface area contributed by atoms with Crippen molar-refractivity contribution < 1.29 is 33.0 Å². The maximum atomic E-state index is 13.0. The van der Waals surface area contributed by atoms with Crippen LogP contribution in [0.2, 0.25) is 0 Å². The molecular formula is C13H13F2NO5. The minimum absolute atomic E-state index is 0.0637. The van der Waals surface area contributed by atoms with Crippen molar-refractivity contribution in [1.29, 1.82) is 0 Å². The van der Waals surface area contributed by atoms with Crippen LogP contribution in [0.15, 0.2) is 18.2 Å². The summed E-state index contributed by atoms with van der Waals surface area (Å²) in [7, 11) is 0.